The minimum Gasteiger partial charge on any atom is -0.348 e. The van der Waals surface area contributed by atoms with Gasteiger partial charge in [-0.25, -0.2) is 4.98 Å². The third-order valence-electron chi connectivity index (χ3n) is 6.10. The average Bonchev–Trinajstić information content (AvgIpc) is 2.86. The number of amides is 1. The molecule has 0 saturated heterocycles. The fourth-order valence-corrected chi connectivity index (χ4v) is 4.07. The van der Waals surface area contributed by atoms with E-state index in [0.717, 1.165) is 22.3 Å². The van der Waals surface area contributed by atoms with E-state index >= 15 is 0 Å². The van der Waals surface area contributed by atoms with Gasteiger partial charge >= 0.3 is 0 Å². The highest BCUT2D eigenvalue weighted by atomic mass is 16.1. The SMILES string of the molecule is Cc1ccc(CNC(=O)c2cc3c(=O)n4ccccc4nc3n(Cc3ccc(C)cc3)c2=N)cc1. The number of aryl methyl sites for hydroxylation is 2. The van der Waals surface area contributed by atoms with Crippen molar-refractivity contribution >= 4 is 22.6 Å². The molecular weight excluding hydrogens is 438 g/mol. The Hall–Kier alpha value is -4.52. The maximum Gasteiger partial charge on any atom is 0.267 e. The lowest BCUT2D eigenvalue weighted by Gasteiger charge is -2.15. The summed E-state index contributed by atoms with van der Waals surface area (Å²) in [5.74, 6) is -0.410. The molecule has 0 unspecified atom stereocenters. The lowest BCUT2D eigenvalue weighted by atomic mass is 10.1. The third kappa shape index (κ3) is 4.36. The van der Waals surface area contributed by atoms with Crippen molar-refractivity contribution in [3.8, 4) is 0 Å². The summed E-state index contributed by atoms with van der Waals surface area (Å²) in [7, 11) is 0. The van der Waals surface area contributed by atoms with E-state index in [1.807, 2.05) is 68.4 Å². The predicted octanol–water partition coefficient (Wildman–Crippen LogP) is 3.72. The van der Waals surface area contributed by atoms with Crippen LogP contribution in [0.2, 0.25) is 0 Å². The Balaban J connectivity index is 1.64. The van der Waals surface area contributed by atoms with Gasteiger partial charge < -0.3 is 9.88 Å². The van der Waals surface area contributed by atoms with Gasteiger partial charge in [0.1, 0.15) is 16.8 Å². The molecule has 174 valence electrons. The maximum absolute atomic E-state index is 13.4. The highest BCUT2D eigenvalue weighted by molar-refractivity contribution is 5.96. The van der Waals surface area contributed by atoms with E-state index in [2.05, 4.69) is 10.3 Å². The molecule has 35 heavy (non-hydrogen) atoms. The number of rotatable bonds is 5. The van der Waals surface area contributed by atoms with Crippen LogP contribution in [0.3, 0.4) is 0 Å². The molecule has 2 aromatic carbocycles. The molecule has 0 fully saturated rings. The Kier molecular flexibility index (Phi) is 5.74. The van der Waals surface area contributed by atoms with E-state index in [-0.39, 0.29) is 22.0 Å². The van der Waals surface area contributed by atoms with E-state index in [1.165, 1.54) is 10.5 Å². The van der Waals surface area contributed by atoms with Crippen molar-refractivity contribution in [2.75, 3.05) is 0 Å². The molecule has 0 aliphatic heterocycles. The number of carbonyl (C=O) groups excluding carboxylic acids is 1. The van der Waals surface area contributed by atoms with Crippen LogP contribution in [0.4, 0.5) is 0 Å². The van der Waals surface area contributed by atoms with Gasteiger partial charge in [0.25, 0.3) is 11.5 Å². The molecule has 5 aromatic rings. The topological polar surface area (TPSA) is 92.2 Å². The van der Waals surface area contributed by atoms with Gasteiger partial charge in [-0.05, 0) is 43.2 Å². The standard InChI is InChI=1S/C28H25N5O2/c1-18-6-10-20(11-7-18)16-30-27(34)22-15-23-26(31-24-5-3-4-14-32(24)28(23)35)33(25(22)29)17-21-12-8-19(2)9-13-21/h3-15,29H,16-17H2,1-2H3,(H,30,34). The fraction of sp³-hybridized carbons (Fsp3) is 0.143. The van der Waals surface area contributed by atoms with E-state index in [0.29, 0.717) is 24.4 Å². The van der Waals surface area contributed by atoms with Crippen LogP contribution in [-0.4, -0.2) is 19.9 Å². The fourth-order valence-electron chi connectivity index (χ4n) is 4.07. The van der Waals surface area contributed by atoms with Crippen LogP contribution in [0.25, 0.3) is 16.7 Å². The highest BCUT2D eigenvalue weighted by Gasteiger charge is 2.18. The molecule has 0 spiro atoms. The van der Waals surface area contributed by atoms with Crippen molar-refractivity contribution in [1.82, 2.24) is 19.3 Å². The van der Waals surface area contributed by atoms with Crippen molar-refractivity contribution in [3.63, 3.8) is 0 Å². The smallest absolute Gasteiger partial charge is 0.267 e. The molecule has 0 bridgehead atoms. The molecule has 0 aliphatic rings. The van der Waals surface area contributed by atoms with E-state index in [9.17, 15) is 9.59 Å². The Morgan fingerprint density at radius 2 is 1.60 bits per heavy atom. The van der Waals surface area contributed by atoms with Crippen LogP contribution in [0.1, 0.15) is 32.6 Å². The van der Waals surface area contributed by atoms with Gasteiger partial charge in [0.05, 0.1) is 17.5 Å². The number of benzene rings is 2. The van der Waals surface area contributed by atoms with Gasteiger partial charge in [0.15, 0.2) is 0 Å². The first-order valence-electron chi connectivity index (χ1n) is 11.4. The van der Waals surface area contributed by atoms with E-state index < -0.39 is 5.91 Å². The van der Waals surface area contributed by atoms with Gasteiger partial charge in [0, 0.05) is 12.7 Å². The van der Waals surface area contributed by atoms with Crippen LogP contribution >= 0.6 is 0 Å². The summed E-state index contributed by atoms with van der Waals surface area (Å²) in [6.07, 6.45) is 1.65. The van der Waals surface area contributed by atoms with Crippen molar-refractivity contribution in [2.45, 2.75) is 26.9 Å². The van der Waals surface area contributed by atoms with Gasteiger partial charge in [-0.1, -0.05) is 65.7 Å². The van der Waals surface area contributed by atoms with Crippen LogP contribution < -0.4 is 16.4 Å². The van der Waals surface area contributed by atoms with E-state index in [1.54, 1.807) is 22.9 Å². The quantitative estimate of drug-likeness (QED) is 0.389. The first-order chi connectivity index (χ1) is 16.9. The zero-order valence-corrected chi connectivity index (χ0v) is 19.6. The highest BCUT2D eigenvalue weighted by Crippen LogP contribution is 2.13. The summed E-state index contributed by atoms with van der Waals surface area (Å²) in [6.45, 7) is 4.65. The number of aromatic nitrogens is 3. The zero-order valence-electron chi connectivity index (χ0n) is 19.6. The average molecular weight is 464 g/mol. The summed E-state index contributed by atoms with van der Waals surface area (Å²) >= 11 is 0. The molecule has 0 radical (unpaired) electrons. The molecule has 0 saturated carbocycles. The Bertz CT molecular complexity index is 1680. The van der Waals surface area contributed by atoms with Gasteiger partial charge in [-0.2, -0.15) is 0 Å². The third-order valence-corrected chi connectivity index (χ3v) is 6.10. The number of pyridine rings is 2. The van der Waals surface area contributed by atoms with Crippen molar-refractivity contribution in [3.05, 3.63) is 123 Å². The second-order valence-corrected chi connectivity index (χ2v) is 8.73. The van der Waals surface area contributed by atoms with Crippen LogP contribution in [0.15, 0.2) is 83.8 Å². The molecular formula is C28H25N5O2. The monoisotopic (exact) mass is 463 g/mol. The number of nitrogens with one attached hydrogen (secondary N) is 2. The molecule has 5 rings (SSSR count). The minimum absolute atomic E-state index is 0.00617. The molecule has 0 aliphatic carbocycles. The Labute approximate surface area is 201 Å². The number of nitrogens with zero attached hydrogens (tertiary/aromatic N) is 3. The van der Waals surface area contributed by atoms with Crippen molar-refractivity contribution in [1.29, 1.82) is 5.41 Å². The minimum atomic E-state index is -0.410. The van der Waals surface area contributed by atoms with Gasteiger partial charge in [-0.15, -0.1) is 0 Å². The summed E-state index contributed by atoms with van der Waals surface area (Å²) in [5.41, 5.74) is 4.88. The Morgan fingerprint density at radius 3 is 2.29 bits per heavy atom. The summed E-state index contributed by atoms with van der Waals surface area (Å²) in [5, 5.41) is 12.1. The molecule has 1 amide bonds. The van der Waals surface area contributed by atoms with Crippen LogP contribution in [0, 0.1) is 19.3 Å². The van der Waals surface area contributed by atoms with Gasteiger partial charge in [0.2, 0.25) is 0 Å². The molecule has 7 nitrogen and oxygen atoms in total. The largest absolute Gasteiger partial charge is 0.348 e. The number of hydrogen-bond acceptors (Lipinski definition) is 4. The van der Waals surface area contributed by atoms with Gasteiger partial charge in [-0.3, -0.25) is 19.4 Å². The normalized spacial score (nSPS) is 11.1. The number of carbonyl (C=O) groups is 1. The molecule has 3 aromatic heterocycles. The summed E-state index contributed by atoms with van der Waals surface area (Å²) in [4.78, 5) is 31.2. The molecule has 2 N–H and O–H groups in total. The predicted molar refractivity (Wildman–Crippen MR) is 135 cm³/mol. The number of hydrogen-bond donors (Lipinski definition) is 2. The first-order valence-corrected chi connectivity index (χ1v) is 11.4. The molecule has 0 atom stereocenters. The Morgan fingerprint density at radius 1 is 0.943 bits per heavy atom. The second kappa shape index (κ2) is 9.02. The maximum atomic E-state index is 13.4. The van der Waals surface area contributed by atoms with Crippen LogP contribution in [-0.2, 0) is 13.1 Å². The summed E-state index contributed by atoms with van der Waals surface area (Å²) in [6, 6.07) is 22.6. The van der Waals surface area contributed by atoms with E-state index in [4.69, 9.17) is 5.41 Å². The first kappa shape index (κ1) is 22.3. The second-order valence-electron chi connectivity index (χ2n) is 8.73. The number of fused-ring (bicyclic) bond motifs is 2. The zero-order chi connectivity index (χ0) is 24.5. The summed E-state index contributed by atoms with van der Waals surface area (Å²) < 4.78 is 3.09. The van der Waals surface area contributed by atoms with Crippen LogP contribution in [0.5, 0.6) is 0 Å². The lowest BCUT2D eigenvalue weighted by molar-refractivity contribution is 0.0948. The van der Waals surface area contributed by atoms with Crippen molar-refractivity contribution in [2.24, 2.45) is 0 Å². The molecule has 3 heterocycles. The molecule has 7 heteroatoms. The lowest BCUT2D eigenvalue weighted by Crippen LogP contribution is -2.35. The van der Waals surface area contributed by atoms with Crippen molar-refractivity contribution < 1.29 is 4.79 Å².